The van der Waals surface area contributed by atoms with Gasteiger partial charge >= 0.3 is 37.3 Å². The smallest absolute Gasteiger partial charge is 0.611 e. The van der Waals surface area contributed by atoms with Crippen LogP contribution in [0.5, 0.6) is 0 Å². The number of rotatable bonds is 0. The number of carbonyl (C=O) groups excluding carboxylic acids is 1. The fourth-order valence-electron chi connectivity index (χ4n) is 0.0417. The van der Waals surface area contributed by atoms with Gasteiger partial charge in [0.2, 0.25) is 0 Å². The molecule has 0 aliphatic heterocycles. The van der Waals surface area contributed by atoms with Crippen molar-refractivity contribution >= 4 is 6.16 Å². The predicted octanol–water partition coefficient (Wildman–Crippen LogP) is 0.723. The minimum absolute atomic E-state index is 0. The van der Waals surface area contributed by atoms with Crippen LogP contribution >= 0.6 is 0 Å². The molecule has 0 amide bonds. The summed E-state index contributed by atoms with van der Waals surface area (Å²) in [6, 6.07) is 0. The standard InChI is InChI=1S/C3H4O3.U/c1-5-3(4)6-2;/h1-2H2;/q-2;+2. The van der Waals surface area contributed by atoms with Crippen molar-refractivity contribution in [3.8, 4) is 0 Å². The van der Waals surface area contributed by atoms with Crippen LogP contribution in [0.2, 0.25) is 0 Å². The van der Waals surface area contributed by atoms with E-state index in [4.69, 9.17) is 0 Å². The van der Waals surface area contributed by atoms with Crippen LogP contribution in [0.15, 0.2) is 0 Å². The summed E-state index contributed by atoms with van der Waals surface area (Å²) in [7, 11) is 5.48. The predicted molar refractivity (Wildman–Crippen MR) is 18.3 cm³/mol. The van der Waals surface area contributed by atoms with Crippen molar-refractivity contribution in [2.45, 2.75) is 0 Å². The summed E-state index contributed by atoms with van der Waals surface area (Å²) < 4.78 is 7.45. The number of hydrogen-bond donors (Lipinski definition) is 0. The van der Waals surface area contributed by atoms with E-state index in [1.54, 1.807) is 0 Å². The van der Waals surface area contributed by atoms with Crippen molar-refractivity contribution in [3.05, 3.63) is 14.2 Å². The van der Waals surface area contributed by atoms with Crippen molar-refractivity contribution in [2.75, 3.05) is 0 Å². The van der Waals surface area contributed by atoms with Crippen LogP contribution in [0, 0.1) is 45.3 Å². The second-order valence-electron chi connectivity index (χ2n) is 0.539. The van der Waals surface area contributed by atoms with Crippen LogP contribution in [0.25, 0.3) is 0 Å². The van der Waals surface area contributed by atoms with Crippen LogP contribution in [0.1, 0.15) is 0 Å². The Morgan fingerprint density at radius 1 is 1.29 bits per heavy atom. The zero-order chi connectivity index (χ0) is 4.99. The quantitative estimate of drug-likeness (QED) is 0.486. The van der Waals surface area contributed by atoms with E-state index in [9.17, 15) is 4.79 Å². The molecule has 0 spiro atoms. The maximum atomic E-state index is 9.61. The fourth-order valence-corrected chi connectivity index (χ4v) is 0.0417. The van der Waals surface area contributed by atoms with Crippen LogP contribution in [-0.4, -0.2) is 6.16 Å². The van der Waals surface area contributed by atoms with Gasteiger partial charge in [-0.1, -0.05) is 0 Å². The number of hydrogen-bond acceptors (Lipinski definition) is 3. The monoisotopic (exact) mass is 326 g/mol. The Balaban J connectivity index is 0. The normalized spacial score (nSPS) is 6.00. The fraction of sp³-hybridized carbons (Fsp3) is 0. The molecule has 0 rings (SSSR count). The third-order valence-corrected chi connectivity index (χ3v) is 0.236. The molecule has 0 aromatic rings. The van der Waals surface area contributed by atoms with E-state index < -0.39 is 6.16 Å². The van der Waals surface area contributed by atoms with E-state index in [1.807, 2.05) is 0 Å². The molecule has 3 nitrogen and oxygen atoms in total. The average molecular weight is 326 g/mol. The summed E-state index contributed by atoms with van der Waals surface area (Å²) in [4.78, 5) is 9.61. The van der Waals surface area contributed by atoms with Gasteiger partial charge in [0.25, 0.3) is 0 Å². The van der Waals surface area contributed by atoms with Gasteiger partial charge < -0.3 is 9.47 Å². The minimum Gasteiger partial charge on any atom is -0.611 e. The maximum absolute atomic E-state index is 9.61. The molecule has 7 heavy (non-hydrogen) atoms. The van der Waals surface area contributed by atoms with Gasteiger partial charge in [-0.3, -0.25) is 0 Å². The summed E-state index contributed by atoms with van der Waals surface area (Å²) in [5.41, 5.74) is 0. The van der Waals surface area contributed by atoms with Crippen LogP contribution in [0.4, 0.5) is 4.79 Å². The van der Waals surface area contributed by atoms with Crippen molar-refractivity contribution < 1.29 is 45.4 Å². The second kappa shape index (κ2) is 6.32. The zero-order valence-corrected chi connectivity index (χ0v) is 7.80. The first-order chi connectivity index (χ1) is 2.81. The first-order valence-corrected chi connectivity index (χ1v) is 1.19. The van der Waals surface area contributed by atoms with E-state index in [2.05, 4.69) is 23.7 Å². The van der Waals surface area contributed by atoms with E-state index in [1.165, 1.54) is 0 Å². The molecule has 0 heterocycles. The summed E-state index contributed by atoms with van der Waals surface area (Å²) in [6.45, 7) is 0. The molecule has 0 bridgehead atoms. The van der Waals surface area contributed by atoms with Crippen LogP contribution in [0.3, 0.4) is 0 Å². The third-order valence-electron chi connectivity index (χ3n) is 0.236. The van der Waals surface area contributed by atoms with E-state index in [-0.39, 0.29) is 31.1 Å². The third kappa shape index (κ3) is 6.32. The van der Waals surface area contributed by atoms with E-state index in [0.29, 0.717) is 0 Å². The second-order valence-corrected chi connectivity index (χ2v) is 0.539. The summed E-state index contributed by atoms with van der Waals surface area (Å²) in [5.74, 6) is 0. The van der Waals surface area contributed by atoms with Gasteiger partial charge in [0.05, 0.1) is 0 Å². The van der Waals surface area contributed by atoms with Crippen LogP contribution in [-0.2, 0) is 9.47 Å². The van der Waals surface area contributed by atoms with Crippen molar-refractivity contribution in [3.63, 3.8) is 0 Å². The molecule has 0 fully saturated rings. The van der Waals surface area contributed by atoms with Gasteiger partial charge in [0, 0.05) is 0 Å². The molecule has 0 unspecified atom stereocenters. The summed E-state index contributed by atoms with van der Waals surface area (Å²) in [6.07, 6.45) is -0.880. The molecule has 0 saturated carbocycles. The van der Waals surface area contributed by atoms with Gasteiger partial charge in [-0.2, -0.15) is 14.2 Å². The Morgan fingerprint density at radius 3 is 1.57 bits per heavy atom. The van der Waals surface area contributed by atoms with Gasteiger partial charge in [-0.15, -0.1) is 0 Å². The molecule has 0 aromatic carbocycles. The van der Waals surface area contributed by atoms with Gasteiger partial charge in [0.1, 0.15) is 0 Å². The molecule has 4 heteroatoms. The van der Waals surface area contributed by atoms with E-state index in [0.717, 1.165) is 0 Å². The molecular weight excluding hydrogens is 322 g/mol. The molecular formula is C3H4O3U. The Labute approximate surface area is 65.7 Å². The van der Waals surface area contributed by atoms with Crippen molar-refractivity contribution in [1.82, 2.24) is 0 Å². The Morgan fingerprint density at radius 2 is 1.57 bits per heavy atom. The summed E-state index contributed by atoms with van der Waals surface area (Å²) >= 11 is 0. The Bertz CT molecular complexity index is 48.1. The molecule has 0 aliphatic rings. The molecule has 0 aromatic heterocycles. The van der Waals surface area contributed by atoms with E-state index >= 15 is 0 Å². The minimum atomic E-state index is -0.880. The van der Waals surface area contributed by atoms with Gasteiger partial charge in [-0.25, -0.2) is 4.79 Å². The summed E-state index contributed by atoms with van der Waals surface area (Å²) in [5, 5.41) is 0. The van der Waals surface area contributed by atoms with Crippen molar-refractivity contribution in [2.24, 2.45) is 0 Å². The maximum Gasteiger partial charge on any atom is 2.00 e. The zero-order valence-electron chi connectivity index (χ0n) is 3.64. The topological polar surface area (TPSA) is 35.5 Å². The molecule has 0 saturated heterocycles. The molecule has 0 radical (unpaired) electrons. The average Bonchev–Trinajstić information content (AvgIpc) is 1.65. The largest absolute Gasteiger partial charge is 2.00 e. The Kier molecular flexibility index (Phi) is 9.33. The Hall–Kier alpha value is 0.322. The molecule has 0 aliphatic carbocycles. The molecule has 38 valence electrons. The van der Waals surface area contributed by atoms with Gasteiger partial charge in [0.15, 0.2) is 0 Å². The number of ether oxygens (including phenoxy) is 2. The molecule has 0 N–H and O–H groups in total. The van der Waals surface area contributed by atoms with Crippen LogP contribution < -0.4 is 0 Å². The SMILES string of the molecule is [CH2-]OC(=O)O[CH2-].[U+2]. The van der Waals surface area contributed by atoms with Crippen molar-refractivity contribution in [1.29, 1.82) is 0 Å². The first kappa shape index (κ1) is 10.3. The number of carbonyl (C=O) groups is 1. The first-order valence-electron chi connectivity index (χ1n) is 1.19. The molecule has 0 atom stereocenters. The van der Waals surface area contributed by atoms with Gasteiger partial charge in [-0.05, 0) is 0 Å².